The molecule has 2 aromatic rings. The summed E-state index contributed by atoms with van der Waals surface area (Å²) in [6.45, 7) is 6.11. The predicted molar refractivity (Wildman–Crippen MR) is 81.7 cm³/mol. The summed E-state index contributed by atoms with van der Waals surface area (Å²) in [6.07, 6.45) is 0.925. The topological polar surface area (TPSA) is 61.0 Å². The molecule has 0 aliphatic carbocycles. The van der Waals surface area contributed by atoms with E-state index in [-0.39, 0.29) is 10.6 Å². The molecule has 0 aliphatic heterocycles. The Morgan fingerprint density at radius 3 is 2.60 bits per heavy atom. The maximum absolute atomic E-state index is 10.9. The molecule has 2 rings (SSSR count). The number of alkyl halides is 1. The fraction of sp³-hybridized carbons (Fsp3) is 0.357. The van der Waals surface area contributed by atoms with E-state index in [1.165, 1.54) is 11.6 Å². The third-order valence-corrected chi connectivity index (χ3v) is 4.04. The molecule has 5 nitrogen and oxygen atoms in total. The normalized spacial score (nSPS) is 10.8. The molecule has 0 amide bonds. The van der Waals surface area contributed by atoms with E-state index >= 15 is 0 Å². The lowest BCUT2D eigenvalue weighted by Gasteiger charge is -2.09. The number of hydrogen-bond donors (Lipinski definition) is 0. The second-order valence-electron chi connectivity index (χ2n) is 4.62. The highest BCUT2D eigenvalue weighted by atomic mass is 79.9. The minimum absolute atomic E-state index is 0.0976. The van der Waals surface area contributed by atoms with Crippen LogP contribution in [0.4, 0.5) is 5.69 Å². The fourth-order valence-electron chi connectivity index (χ4n) is 2.42. The first-order chi connectivity index (χ1) is 9.49. The van der Waals surface area contributed by atoms with E-state index in [1.54, 1.807) is 12.1 Å². The van der Waals surface area contributed by atoms with Gasteiger partial charge in [-0.1, -0.05) is 22.9 Å². The summed E-state index contributed by atoms with van der Waals surface area (Å²) in [5.41, 5.74) is 5.15. The summed E-state index contributed by atoms with van der Waals surface area (Å²) < 4.78 is 1.87. The van der Waals surface area contributed by atoms with Gasteiger partial charge in [-0.15, -0.1) is 0 Å². The van der Waals surface area contributed by atoms with Crippen LogP contribution in [0.2, 0.25) is 0 Å². The van der Waals surface area contributed by atoms with E-state index in [1.807, 2.05) is 18.5 Å². The van der Waals surface area contributed by atoms with E-state index in [2.05, 4.69) is 28.0 Å². The number of nitro benzene ring substituents is 1. The van der Waals surface area contributed by atoms with Crippen LogP contribution < -0.4 is 0 Å². The molecule has 0 spiro atoms. The Morgan fingerprint density at radius 2 is 2.10 bits per heavy atom. The minimum atomic E-state index is -0.380. The third-order valence-electron chi connectivity index (χ3n) is 3.44. The number of nitrogens with zero attached hydrogens (tertiary/aromatic N) is 3. The van der Waals surface area contributed by atoms with Crippen molar-refractivity contribution >= 4 is 21.6 Å². The summed E-state index contributed by atoms with van der Waals surface area (Å²) >= 11 is 3.39. The standard InChI is InChI=1S/C14H16BrN3O2/c1-4-13-9(2)16-17(10(13)3)14-6-5-12(18(19)20)7-11(14)8-15/h5-7H,4,8H2,1-3H3. The largest absolute Gasteiger partial charge is 0.269 e. The van der Waals surface area contributed by atoms with Crippen molar-refractivity contribution in [1.29, 1.82) is 0 Å². The van der Waals surface area contributed by atoms with E-state index < -0.39 is 0 Å². The zero-order valence-electron chi connectivity index (χ0n) is 11.7. The average Bonchev–Trinajstić information content (AvgIpc) is 2.72. The number of non-ortho nitro benzene ring substituents is 1. The van der Waals surface area contributed by atoms with Crippen LogP contribution in [0.15, 0.2) is 18.2 Å². The van der Waals surface area contributed by atoms with Gasteiger partial charge in [-0.2, -0.15) is 5.10 Å². The number of rotatable bonds is 4. The highest BCUT2D eigenvalue weighted by Crippen LogP contribution is 2.26. The van der Waals surface area contributed by atoms with Gasteiger partial charge in [0.15, 0.2) is 0 Å². The van der Waals surface area contributed by atoms with Gasteiger partial charge in [0.2, 0.25) is 0 Å². The smallest absolute Gasteiger partial charge is 0.258 e. The molecular formula is C14H16BrN3O2. The molecule has 0 aliphatic rings. The van der Waals surface area contributed by atoms with Gasteiger partial charge < -0.3 is 0 Å². The van der Waals surface area contributed by atoms with Gasteiger partial charge in [-0.3, -0.25) is 10.1 Å². The van der Waals surface area contributed by atoms with Crippen molar-refractivity contribution in [3.63, 3.8) is 0 Å². The molecule has 1 heterocycles. The van der Waals surface area contributed by atoms with Crippen molar-refractivity contribution in [3.8, 4) is 5.69 Å². The van der Waals surface area contributed by atoms with E-state index in [0.717, 1.165) is 29.1 Å². The molecule has 6 heteroatoms. The Kier molecular flexibility index (Phi) is 4.23. The van der Waals surface area contributed by atoms with Crippen LogP contribution in [-0.4, -0.2) is 14.7 Å². The van der Waals surface area contributed by atoms with Crippen molar-refractivity contribution in [2.75, 3.05) is 0 Å². The quantitative estimate of drug-likeness (QED) is 0.483. The van der Waals surface area contributed by atoms with Crippen LogP contribution in [0.25, 0.3) is 5.69 Å². The maximum Gasteiger partial charge on any atom is 0.269 e. The van der Waals surface area contributed by atoms with Crippen LogP contribution in [0.5, 0.6) is 0 Å². The Balaban J connectivity index is 2.61. The molecule has 0 atom stereocenters. The number of hydrogen-bond acceptors (Lipinski definition) is 3. The summed E-state index contributed by atoms with van der Waals surface area (Å²) in [7, 11) is 0. The van der Waals surface area contributed by atoms with Crippen molar-refractivity contribution < 1.29 is 4.92 Å². The highest BCUT2D eigenvalue weighted by molar-refractivity contribution is 9.08. The second-order valence-corrected chi connectivity index (χ2v) is 5.18. The zero-order valence-corrected chi connectivity index (χ0v) is 13.3. The molecule has 0 unspecified atom stereocenters. The SMILES string of the molecule is CCc1c(C)nn(-c2ccc([N+](=O)[O-])cc2CBr)c1C. The van der Waals surface area contributed by atoms with Crippen LogP contribution in [-0.2, 0) is 11.8 Å². The number of benzene rings is 1. The van der Waals surface area contributed by atoms with Crippen LogP contribution >= 0.6 is 15.9 Å². The van der Waals surface area contributed by atoms with Gasteiger partial charge >= 0.3 is 0 Å². The molecular weight excluding hydrogens is 322 g/mol. The summed E-state index contributed by atoms with van der Waals surface area (Å²) in [6, 6.07) is 4.86. The van der Waals surface area contributed by atoms with E-state index in [0.29, 0.717) is 5.33 Å². The molecule has 0 bridgehead atoms. The molecule has 106 valence electrons. The monoisotopic (exact) mass is 337 g/mol. The van der Waals surface area contributed by atoms with Gasteiger partial charge in [-0.25, -0.2) is 4.68 Å². The molecule has 0 N–H and O–H groups in total. The van der Waals surface area contributed by atoms with Crippen molar-refractivity contribution in [1.82, 2.24) is 9.78 Å². The molecule has 1 aromatic heterocycles. The average molecular weight is 338 g/mol. The van der Waals surface area contributed by atoms with Crippen molar-refractivity contribution in [2.24, 2.45) is 0 Å². The first-order valence-corrected chi connectivity index (χ1v) is 7.50. The predicted octanol–water partition coefficient (Wildman–Crippen LogP) is 3.85. The molecule has 20 heavy (non-hydrogen) atoms. The summed E-state index contributed by atoms with van der Waals surface area (Å²) in [5, 5.41) is 16.0. The van der Waals surface area contributed by atoms with Gasteiger partial charge in [0.05, 0.1) is 16.3 Å². The third kappa shape index (κ3) is 2.47. The van der Waals surface area contributed by atoms with Crippen LogP contribution in [0.3, 0.4) is 0 Å². The first kappa shape index (κ1) is 14.7. The molecule has 0 fully saturated rings. The van der Waals surface area contributed by atoms with Gasteiger partial charge in [-0.05, 0) is 37.5 Å². The second kappa shape index (κ2) is 5.75. The molecule has 0 radical (unpaired) electrons. The van der Waals surface area contributed by atoms with Crippen molar-refractivity contribution in [3.05, 3.63) is 50.8 Å². The lowest BCUT2D eigenvalue weighted by Crippen LogP contribution is -2.04. The summed E-state index contributed by atoms with van der Waals surface area (Å²) in [5.74, 6) is 0. The van der Waals surface area contributed by atoms with Crippen molar-refractivity contribution in [2.45, 2.75) is 32.5 Å². The molecule has 0 saturated heterocycles. The van der Waals surface area contributed by atoms with Crippen LogP contribution in [0.1, 0.15) is 29.4 Å². The highest BCUT2D eigenvalue weighted by Gasteiger charge is 2.16. The lowest BCUT2D eigenvalue weighted by atomic mass is 10.1. The van der Waals surface area contributed by atoms with E-state index in [4.69, 9.17) is 0 Å². The Bertz CT molecular complexity index is 665. The Morgan fingerprint density at radius 1 is 1.40 bits per heavy atom. The molecule has 1 aromatic carbocycles. The van der Waals surface area contributed by atoms with Gasteiger partial charge in [0.25, 0.3) is 5.69 Å². The summed E-state index contributed by atoms with van der Waals surface area (Å²) in [4.78, 5) is 10.5. The number of halogens is 1. The molecule has 0 saturated carbocycles. The fourth-order valence-corrected chi connectivity index (χ4v) is 2.87. The Labute approximate surface area is 125 Å². The van der Waals surface area contributed by atoms with Gasteiger partial charge in [0.1, 0.15) is 0 Å². The number of nitro groups is 1. The van der Waals surface area contributed by atoms with Crippen LogP contribution in [0, 0.1) is 24.0 Å². The number of aromatic nitrogens is 2. The number of aryl methyl sites for hydroxylation is 1. The van der Waals surface area contributed by atoms with Gasteiger partial charge in [0, 0.05) is 23.2 Å². The van der Waals surface area contributed by atoms with E-state index in [9.17, 15) is 10.1 Å². The maximum atomic E-state index is 10.9. The minimum Gasteiger partial charge on any atom is -0.258 e. The Hall–Kier alpha value is -1.69. The first-order valence-electron chi connectivity index (χ1n) is 6.38. The lowest BCUT2D eigenvalue weighted by molar-refractivity contribution is -0.384. The zero-order chi connectivity index (χ0) is 14.9.